The van der Waals surface area contributed by atoms with Crippen LogP contribution in [0.1, 0.15) is 107 Å². The van der Waals surface area contributed by atoms with Gasteiger partial charge in [0.25, 0.3) is 0 Å². The fourth-order valence-electron chi connectivity index (χ4n) is 6.37. The number of nitrogens with one attached hydrogen (secondary N) is 3. The van der Waals surface area contributed by atoms with E-state index < -0.39 is 0 Å². The Morgan fingerprint density at radius 1 is 0.767 bits per heavy atom. The van der Waals surface area contributed by atoms with E-state index in [2.05, 4.69) is 76.2 Å². The average molecular weight is 423 g/mol. The minimum atomic E-state index is 0.0805. The van der Waals surface area contributed by atoms with E-state index in [1.54, 1.807) is 0 Å². The zero-order chi connectivity index (χ0) is 22.6. The van der Waals surface area contributed by atoms with Gasteiger partial charge in [-0.05, 0) is 100 Å². The molecule has 5 heteroatoms. The topological polar surface area (TPSA) is 56.4 Å². The summed E-state index contributed by atoms with van der Waals surface area (Å²) in [5, 5.41) is 11.3. The molecule has 0 aromatic heterocycles. The highest BCUT2D eigenvalue weighted by Gasteiger charge is 2.40. The van der Waals surface area contributed by atoms with Crippen LogP contribution in [0.3, 0.4) is 0 Å². The third-order valence-corrected chi connectivity index (χ3v) is 6.74. The second kappa shape index (κ2) is 9.87. The van der Waals surface area contributed by atoms with Crippen LogP contribution in [-0.2, 0) is 4.79 Å². The zero-order valence-electron chi connectivity index (χ0n) is 21.2. The normalized spacial score (nSPS) is 25.7. The summed E-state index contributed by atoms with van der Waals surface area (Å²) in [7, 11) is 0. The third kappa shape index (κ3) is 8.47. The van der Waals surface area contributed by atoms with Gasteiger partial charge in [-0.1, -0.05) is 12.8 Å². The first kappa shape index (κ1) is 25.6. The van der Waals surface area contributed by atoms with Gasteiger partial charge in [0.05, 0.1) is 0 Å². The van der Waals surface area contributed by atoms with Crippen LogP contribution in [0.15, 0.2) is 0 Å². The lowest BCUT2D eigenvalue weighted by Crippen LogP contribution is -2.62. The summed E-state index contributed by atoms with van der Waals surface area (Å²) in [5.41, 5.74) is 0.569. The molecule has 2 fully saturated rings. The van der Waals surface area contributed by atoms with Crippen molar-refractivity contribution in [1.82, 2.24) is 20.9 Å². The Hall–Kier alpha value is -0.650. The summed E-state index contributed by atoms with van der Waals surface area (Å²) in [6.07, 6.45) is 10.3. The van der Waals surface area contributed by atoms with E-state index in [0.717, 1.165) is 38.8 Å². The van der Waals surface area contributed by atoms with Crippen molar-refractivity contribution < 1.29 is 4.79 Å². The molecule has 2 aliphatic heterocycles. The molecular weight excluding hydrogens is 372 g/mol. The minimum Gasteiger partial charge on any atom is -0.342 e. The molecule has 0 bridgehead atoms. The number of amides is 1. The molecule has 0 aromatic carbocycles. The first-order valence-corrected chi connectivity index (χ1v) is 12.3. The molecule has 0 unspecified atom stereocenters. The lowest BCUT2D eigenvalue weighted by atomic mass is 9.79. The summed E-state index contributed by atoms with van der Waals surface area (Å²) in [4.78, 5) is 13.8. The Balaban J connectivity index is 1.64. The maximum atomic E-state index is 11.8. The van der Waals surface area contributed by atoms with Gasteiger partial charge in [-0.2, -0.15) is 0 Å². The summed E-state index contributed by atoms with van der Waals surface area (Å²) in [6, 6.07) is 0.954. The Morgan fingerprint density at radius 3 is 1.73 bits per heavy atom. The number of carbonyl (C=O) groups excluding carboxylic acids is 1. The van der Waals surface area contributed by atoms with Crippen LogP contribution in [-0.4, -0.2) is 58.6 Å². The largest absolute Gasteiger partial charge is 0.342 e. The van der Waals surface area contributed by atoms with Gasteiger partial charge in [-0.3, -0.25) is 4.79 Å². The van der Waals surface area contributed by atoms with Crippen LogP contribution >= 0.6 is 0 Å². The van der Waals surface area contributed by atoms with Gasteiger partial charge in [0.1, 0.15) is 0 Å². The van der Waals surface area contributed by atoms with Crippen molar-refractivity contribution in [2.75, 3.05) is 13.1 Å². The van der Waals surface area contributed by atoms with Crippen LogP contribution in [0.2, 0.25) is 0 Å². The molecule has 5 nitrogen and oxygen atoms in total. The molecule has 176 valence electrons. The lowest BCUT2D eigenvalue weighted by molar-refractivity contribution is -0.122. The molecule has 1 amide bonds. The molecule has 0 aromatic rings. The number of rotatable bonds is 10. The van der Waals surface area contributed by atoms with Gasteiger partial charge < -0.3 is 20.9 Å². The second-order valence-electron chi connectivity index (χ2n) is 12.7. The van der Waals surface area contributed by atoms with E-state index in [-0.39, 0.29) is 22.2 Å². The van der Waals surface area contributed by atoms with Gasteiger partial charge in [0, 0.05) is 40.8 Å². The van der Waals surface area contributed by atoms with Gasteiger partial charge in [0.15, 0.2) is 0 Å². The summed E-state index contributed by atoms with van der Waals surface area (Å²) >= 11 is 0. The fraction of sp³-hybridized carbons (Fsp3) is 0.960. The number of hydrogen-bond donors (Lipinski definition) is 3. The van der Waals surface area contributed by atoms with Crippen molar-refractivity contribution in [3.63, 3.8) is 0 Å². The highest BCUT2D eigenvalue weighted by atomic mass is 16.1. The number of nitrogens with zero attached hydrogens (tertiary/aromatic N) is 1. The Bertz CT molecular complexity index is 523. The summed E-state index contributed by atoms with van der Waals surface area (Å²) < 4.78 is 0. The van der Waals surface area contributed by atoms with Crippen molar-refractivity contribution >= 4 is 6.41 Å². The Kier molecular flexibility index (Phi) is 8.43. The van der Waals surface area contributed by atoms with Crippen LogP contribution < -0.4 is 16.0 Å². The second-order valence-corrected chi connectivity index (χ2v) is 12.7. The van der Waals surface area contributed by atoms with E-state index in [0.29, 0.717) is 12.1 Å². The first-order valence-electron chi connectivity index (χ1n) is 12.3. The molecule has 30 heavy (non-hydrogen) atoms. The monoisotopic (exact) mass is 422 g/mol. The third-order valence-electron chi connectivity index (χ3n) is 6.74. The SMILES string of the molecule is CC1(C)CC(NCCCCCCN(C=O)C2CC(C)(C)NC(C)(C)C2)CC(C)(C)N1. The molecule has 2 saturated heterocycles. The molecule has 0 spiro atoms. The van der Waals surface area contributed by atoms with Gasteiger partial charge in [-0.25, -0.2) is 0 Å². The zero-order valence-corrected chi connectivity index (χ0v) is 21.2. The van der Waals surface area contributed by atoms with Crippen LogP contribution in [0, 0.1) is 0 Å². The maximum absolute atomic E-state index is 11.8. The van der Waals surface area contributed by atoms with E-state index in [4.69, 9.17) is 0 Å². The Morgan fingerprint density at radius 2 is 1.23 bits per heavy atom. The molecule has 0 atom stereocenters. The number of hydrogen-bond acceptors (Lipinski definition) is 4. The molecule has 0 radical (unpaired) electrons. The highest BCUT2D eigenvalue weighted by molar-refractivity contribution is 5.48. The van der Waals surface area contributed by atoms with Crippen LogP contribution in [0.4, 0.5) is 0 Å². The first-order chi connectivity index (χ1) is 13.7. The standard InChI is InChI=1S/C25H50N4O/c1-22(2)15-20(16-23(3,4)27-22)26-13-11-9-10-12-14-29(19-30)21-17-24(5,6)28-25(7,8)18-21/h19-21,26-28H,9-18H2,1-8H3. The van der Waals surface area contributed by atoms with E-state index in [9.17, 15) is 4.79 Å². The van der Waals surface area contributed by atoms with Crippen molar-refractivity contribution in [2.45, 2.75) is 141 Å². The van der Waals surface area contributed by atoms with E-state index in [1.165, 1.54) is 32.1 Å². The lowest BCUT2D eigenvalue weighted by Gasteiger charge is -2.49. The van der Waals surface area contributed by atoms with Crippen molar-refractivity contribution in [1.29, 1.82) is 0 Å². The minimum absolute atomic E-state index is 0.0805. The van der Waals surface area contributed by atoms with Crippen LogP contribution in [0.25, 0.3) is 0 Å². The fourth-order valence-corrected chi connectivity index (χ4v) is 6.37. The molecule has 0 aliphatic carbocycles. The van der Waals surface area contributed by atoms with Crippen molar-refractivity contribution in [3.05, 3.63) is 0 Å². The van der Waals surface area contributed by atoms with E-state index >= 15 is 0 Å². The molecule has 0 saturated carbocycles. The summed E-state index contributed by atoms with van der Waals surface area (Å²) in [6.45, 7) is 20.2. The Labute approximate surface area is 186 Å². The van der Waals surface area contributed by atoms with Crippen molar-refractivity contribution in [2.24, 2.45) is 0 Å². The quantitative estimate of drug-likeness (QED) is 0.365. The number of piperidine rings is 2. The van der Waals surface area contributed by atoms with E-state index in [1.807, 2.05) is 0 Å². The predicted molar refractivity (Wildman–Crippen MR) is 128 cm³/mol. The molecule has 3 N–H and O–H groups in total. The van der Waals surface area contributed by atoms with Gasteiger partial charge in [0.2, 0.25) is 6.41 Å². The average Bonchev–Trinajstić information content (AvgIpc) is 2.51. The summed E-state index contributed by atoms with van der Waals surface area (Å²) in [5.74, 6) is 0. The number of carbonyl (C=O) groups is 1. The maximum Gasteiger partial charge on any atom is 0.209 e. The number of unbranched alkanes of at least 4 members (excludes halogenated alkanes) is 3. The highest BCUT2D eigenvalue weighted by Crippen LogP contribution is 2.31. The molecular formula is C25H50N4O. The molecule has 2 aliphatic rings. The molecule has 2 rings (SSSR count). The van der Waals surface area contributed by atoms with Gasteiger partial charge in [-0.15, -0.1) is 0 Å². The van der Waals surface area contributed by atoms with Gasteiger partial charge >= 0.3 is 0 Å². The molecule has 2 heterocycles. The van der Waals surface area contributed by atoms with Crippen molar-refractivity contribution in [3.8, 4) is 0 Å². The van der Waals surface area contributed by atoms with Crippen LogP contribution in [0.5, 0.6) is 0 Å². The predicted octanol–water partition coefficient (Wildman–Crippen LogP) is 4.21. The smallest absolute Gasteiger partial charge is 0.209 e.